The number of nitrogens with one attached hydrogen (secondary N) is 1. The first-order chi connectivity index (χ1) is 8.06. The Morgan fingerprint density at radius 1 is 1.24 bits per heavy atom. The highest BCUT2D eigenvalue weighted by Crippen LogP contribution is 2.33. The third-order valence-corrected chi connectivity index (χ3v) is 3.13. The fourth-order valence-corrected chi connectivity index (χ4v) is 2.16. The second-order valence-electron chi connectivity index (χ2n) is 4.36. The summed E-state index contributed by atoms with van der Waals surface area (Å²) in [7, 11) is 0. The number of aromatic nitrogens is 1. The zero-order valence-corrected chi connectivity index (χ0v) is 9.14. The van der Waals surface area contributed by atoms with E-state index in [0.29, 0.717) is 18.9 Å². The molecule has 0 unspecified atom stereocenters. The maximum Gasteiger partial charge on any atom is 0.251 e. The Labute approximate surface area is 96.7 Å². The molecule has 0 saturated heterocycles. The van der Waals surface area contributed by atoms with Crippen molar-refractivity contribution < 1.29 is 18.3 Å². The van der Waals surface area contributed by atoms with Gasteiger partial charge in [-0.1, -0.05) is 12.8 Å². The second-order valence-corrected chi connectivity index (χ2v) is 4.36. The first-order valence-corrected chi connectivity index (χ1v) is 5.47. The van der Waals surface area contributed by atoms with Crippen LogP contribution in [-0.4, -0.2) is 22.2 Å². The lowest BCUT2D eigenvalue weighted by molar-refractivity contribution is 0.213. The summed E-state index contributed by atoms with van der Waals surface area (Å²) in [6.45, 7) is -0.187. The van der Waals surface area contributed by atoms with E-state index in [4.69, 9.17) is 0 Å². The molecular formula is C11H13F3N2O. The highest BCUT2D eigenvalue weighted by molar-refractivity contribution is 5.40. The zero-order chi connectivity index (χ0) is 12.5. The Morgan fingerprint density at radius 3 is 2.47 bits per heavy atom. The average Bonchev–Trinajstić information content (AvgIpc) is 2.75. The summed E-state index contributed by atoms with van der Waals surface area (Å²) in [6, 6.07) is 0.449. The number of aliphatic hydroxyl groups is 1. The number of halogens is 3. The minimum absolute atomic E-state index is 0.187. The summed E-state index contributed by atoms with van der Waals surface area (Å²) in [5, 5.41) is 12.0. The Balaban J connectivity index is 2.26. The molecule has 0 atom stereocenters. The van der Waals surface area contributed by atoms with Crippen molar-refractivity contribution in [1.29, 1.82) is 0 Å². The third kappa shape index (κ3) is 2.36. The van der Waals surface area contributed by atoms with Crippen LogP contribution in [0.25, 0.3) is 0 Å². The van der Waals surface area contributed by atoms with Crippen molar-refractivity contribution in [2.24, 2.45) is 0 Å². The molecule has 17 heavy (non-hydrogen) atoms. The van der Waals surface area contributed by atoms with Crippen molar-refractivity contribution in [2.75, 3.05) is 11.9 Å². The van der Waals surface area contributed by atoms with E-state index in [-0.39, 0.29) is 12.4 Å². The van der Waals surface area contributed by atoms with E-state index < -0.39 is 23.1 Å². The van der Waals surface area contributed by atoms with Crippen LogP contribution < -0.4 is 5.32 Å². The first kappa shape index (κ1) is 12.2. The molecule has 1 saturated carbocycles. The van der Waals surface area contributed by atoms with Crippen LogP contribution in [0.3, 0.4) is 0 Å². The number of pyridine rings is 1. The van der Waals surface area contributed by atoms with Gasteiger partial charge >= 0.3 is 0 Å². The van der Waals surface area contributed by atoms with Gasteiger partial charge in [0.05, 0.1) is 12.1 Å². The van der Waals surface area contributed by atoms with Crippen LogP contribution in [0.4, 0.5) is 19.0 Å². The van der Waals surface area contributed by atoms with Crippen LogP contribution in [0.15, 0.2) is 6.07 Å². The Hall–Kier alpha value is -1.30. The van der Waals surface area contributed by atoms with Gasteiger partial charge in [-0.3, -0.25) is 0 Å². The van der Waals surface area contributed by atoms with Crippen LogP contribution in [0.1, 0.15) is 25.7 Å². The van der Waals surface area contributed by atoms with Crippen molar-refractivity contribution in [3.05, 3.63) is 23.6 Å². The maximum absolute atomic E-state index is 13.4. The van der Waals surface area contributed by atoms with Crippen molar-refractivity contribution in [3.8, 4) is 0 Å². The molecule has 1 aliphatic carbocycles. The van der Waals surface area contributed by atoms with Crippen LogP contribution in [-0.2, 0) is 0 Å². The molecule has 1 aromatic heterocycles. The van der Waals surface area contributed by atoms with E-state index in [1.165, 1.54) is 0 Å². The molecule has 0 spiro atoms. The standard InChI is InChI=1S/C11H13F3N2O/c12-7-5-8(13)10(15-9(7)14)16-11(6-17)3-1-2-4-11/h5,17H,1-4,6H2,(H,15,16). The minimum Gasteiger partial charge on any atom is -0.394 e. The molecule has 3 nitrogen and oxygen atoms in total. The average molecular weight is 246 g/mol. The largest absolute Gasteiger partial charge is 0.394 e. The molecule has 0 aromatic carbocycles. The number of hydrogen-bond donors (Lipinski definition) is 2. The van der Waals surface area contributed by atoms with Gasteiger partial charge in [0.1, 0.15) is 0 Å². The molecular weight excluding hydrogens is 233 g/mol. The van der Waals surface area contributed by atoms with E-state index in [2.05, 4.69) is 10.3 Å². The summed E-state index contributed by atoms with van der Waals surface area (Å²) in [4.78, 5) is 3.19. The molecule has 1 aliphatic rings. The molecule has 0 radical (unpaired) electrons. The molecule has 0 amide bonds. The summed E-state index contributed by atoms with van der Waals surface area (Å²) in [5.74, 6) is -3.97. The Bertz CT molecular complexity index is 419. The lowest BCUT2D eigenvalue weighted by atomic mass is 9.99. The highest BCUT2D eigenvalue weighted by atomic mass is 19.2. The lowest BCUT2D eigenvalue weighted by Gasteiger charge is -2.28. The van der Waals surface area contributed by atoms with E-state index >= 15 is 0 Å². The normalized spacial score (nSPS) is 18.4. The smallest absolute Gasteiger partial charge is 0.251 e. The van der Waals surface area contributed by atoms with Crippen molar-refractivity contribution in [2.45, 2.75) is 31.2 Å². The SMILES string of the molecule is OCC1(Nc2nc(F)c(F)cc2F)CCCC1. The molecule has 1 heterocycles. The Kier molecular flexibility index (Phi) is 3.24. The lowest BCUT2D eigenvalue weighted by Crippen LogP contribution is -2.39. The molecule has 6 heteroatoms. The number of nitrogens with zero attached hydrogens (tertiary/aromatic N) is 1. The predicted octanol–water partition coefficient (Wildman–Crippen LogP) is 2.22. The van der Waals surface area contributed by atoms with Crippen molar-refractivity contribution in [3.63, 3.8) is 0 Å². The molecule has 2 rings (SSSR count). The molecule has 1 aromatic rings. The van der Waals surface area contributed by atoms with Gasteiger partial charge in [-0.05, 0) is 12.8 Å². The van der Waals surface area contributed by atoms with Gasteiger partial charge in [0.25, 0.3) is 5.95 Å². The molecule has 2 N–H and O–H groups in total. The van der Waals surface area contributed by atoms with Gasteiger partial charge in [-0.2, -0.15) is 9.37 Å². The van der Waals surface area contributed by atoms with E-state index in [1.807, 2.05) is 0 Å². The fraction of sp³-hybridized carbons (Fsp3) is 0.545. The maximum atomic E-state index is 13.4. The first-order valence-electron chi connectivity index (χ1n) is 5.47. The van der Waals surface area contributed by atoms with Crippen LogP contribution in [0.2, 0.25) is 0 Å². The minimum atomic E-state index is -1.35. The number of anilines is 1. The van der Waals surface area contributed by atoms with Gasteiger partial charge in [-0.25, -0.2) is 8.78 Å². The van der Waals surface area contributed by atoms with E-state index in [1.54, 1.807) is 0 Å². The van der Waals surface area contributed by atoms with Crippen molar-refractivity contribution in [1.82, 2.24) is 4.98 Å². The quantitative estimate of drug-likeness (QED) is 0.804. The molecule has 94 valence electrons. The number of rotatable bonds is 3. The topological polar surface area (TPSA) is 45.1 Å². The highest BCUT2D eigenvalue weighted by Gasteiger charge is 2.34. The monoisotopic (exact) mass is 246 g/mol. The summed E-state index contributed by atoms with van der Waals surface area (Å²) >= 11 is 0. The Morgan fingerprint density at radius 2 is 1.88 bits per heavy atom. The third-order valence-electron chi connectivity index (χ3n) is 3.13. The van der Waals surface area contributed by atoms with Gasteiger partial charge in [-0.15, -0.1) is 0 Å². The second kappa shape index (κ2) is 4.52. The van der Waals surface area contributed by atoms with Gasteiger partial charge < -0.3 is 10.4 Å². The van der Waals surface area contributed by atoms with Crippen LogP contribution in [0, 0.1) is 17.6 Å². The van der Waals surface area contributed by atoms with E-state index in [9.17, 15) is 18.3 Å². The summed E-state index contributed by atoms with van der Waals surface area (Å²) in [5.41, 5.74) is -0.669. The van der Waals surface area contributed by atoms with Gasteiger partial charge in [0, 0.05) is 6.07 Å². The molecule has 1 fully saturated rings. The van der Waals surface area contributed by atoms with Gasteiger partial charge in [0.2, 0.25) is 0 Å². The van der Waals surface area contributed by atoms with Gasteiger partial charge in [0.15, 0.2) is 17.5 Å². The van der Waals surface area contributed by atoms with Crippen LogP contribution >= 0.6 is 0 Å². The number of aliphatic hydroxyl groups excluding tert-OH is 1. The summed E-state index contributed by atoms with van der Waals surface area (Å²) < 4.78 is 39.0. The summed E-state index contributed by atoms with van der Waals surface area (Å²) in [6.07, 6.45) is 3.12. The molecule has 0 aliphatic heterocycles. The van der Waals surface area contributed by atoms with Crippen molar-refractivity contribution >= 4 is 5.82 Å². The van der Waals surface area contributed by atoms with E-state index in [0.717, 1.165) is 12.8 Å². The molecule has 0 bridgehead atoms. The number of hydrogen-bond acceptors (Lipinski definition) is 3. The predicted molar refractivity (Wildman–Crippen MR) is 56.0 cm³/mol. The zero-order valence-electron chi connectivity index (χ0n) is 9.14. The fourth-order valence-electron chi connectivity index (χ4n) is 2.16. The van der Waals surface area contributed by atoms with Crippen LogP contribution in [0.5, 0.6) is 0 Å².